The lowest BCUT2D eigenvalue weighted by atomic mass is 10.1. The molecular weight excluding hydrogens is 584 g/mol. The van der Waals surface area contributed by atoms with E-state index in [9.17, 15) is 39.4 Å². The van der Waals surface area contributed by atoms with Crippen molar-refractivity contribution in [2.75, 3.05) is 6.54 Å². The van der Waals surface area contributed by atoms with Gasteiger partial charge < -0.3 is 4.74 Å². The third kappa shape index (κ3) is 5.52. The molecule has 0 aromatic heterocycles. The van der Waals surface area contributed by atoms with Gasteiger partial charge >= 0.3 is 0 Å². The van der Waals surface area contributed by atoms with Gasteiger partial charge in [0.2, 0.25) is 0 Å². The zero-order valence-corrected chi connectivity index (χ0v) is 22.5. The zero-order valence-electron chi connectivity index (χ0n) is 21.7. The van der Waals surface area contributed by atoms with Crippen molar-refractivity contribution in [3.05, 3.63) is 139 Å². The van der Waals surface area contributed by atoms with Gasteiger partial charge in [0, 0.05) is 23.8 Å². The van der Waals surface area contributed by atoms with Crippen LogP contribution in [0.15, 0.2) is 91.0 Å². The molecule has 0 radical (unpaired) electrons. The first-order valence-electron chi connectivity index (χ1n) is 12.3. The molecule has 0 unspecified atom stereocenters. The molecule has 1 heterocycles. The summed E-state index contributed by atoms with van der Waals surface area (Å²) in [6, 6.07) is 20.3. The van der Waals surface area contributed by atoms with Crippen molar-refractivity contribution < 1.29 is 33.8 Å². The lowest BCUT2D eigenvalue weighted by Gasteiger charge is -2.29. The topological polar surface area (TPSA) is 170 Å². The van der Waals surface area contributed by atoms with Crippen molar-refractivity contribution in [2.45, 2.75) is 0 Å². The van der Waals surface area contributed by atoms with Crippen molar-refractivity contribution in [1.82, 2.24) is 10.0 Å². The van der Waals surface area contributed by atoms with Gasteiger partial charge in [-0.3, -0.25) is 39.4 Å². The zero-order chi connectivity index (χ0) is 30.8. The van der Waals surface area contributed by atoms with E-state index in [0.717, 1.165) is 6.07 Å². The second kappa shape index (κ2) is 11.5. The molecule has 4 aromatic rings. The number of ether oxygens (including phenoxy) is 1. The number of fused-ring (bicyclic) bond motifs is 1. The summed E-state index contributed by atoms with van der Waals surface area (Å²) >= 11 is 6.20. The lowest BCUT2D eigenvalue weighted by molar-refractivity contribution is -0.385. The van der Waals surface area contributed by atoms with Crippen LogP contribution in [0, 0.1) is 20.2 Å². The Hall–Kier alpha value is -5.95. The van der Waals surface area contributed by atoms with Crippen LogP contribution in [0.2, 0.25) is 5.02 Å². The number of nitro benzene ring substituents is 2. The number of nitrogens with zero attached hydrogens (tertiary/aromatic N) is 4. The molecule has 0 saturated carbocycles. The number of benzene rings is 4. The van der Waals surface area contributed by atoms with Crippen LogP contribution in [0.25, 0.3) is 0 Å². The van der Waals surface area contributed by atoms with E-state index in [2.05, 4.69) is 0 Å². The van der Waals surface area contributed by atoms with Crippen LogP contribution in [-0.2, 0) is 0 Å². The molecule has 0 atom stereocenters. The van der Waals surface area contributed by atoms with E-state index in [4.69, 9.17) is 16.3 Å². The molecule has 214 valence electrons. The Kier molecular flexibility index (Phi) is 7.64. The van der Waals surface area contributed by atoms with Crippen molar-refractivity contribution in [2.24, 2.45) is 0 Å². The van der Waals surface area contributed by atoms with Crippen molar-refractivity contribution in [3.63, 3.8) is 0 Å². The van der Waals surface area contributed by atoms with Crippen LogP contribution in [-0.4, -0.2) is 49.9 Å². The van der Waals surface area contributed by atoms with Crippen LogP contribution >= 0.6 is 11.6 Å². The number of hydrogen-bond acceptors (Lipinski definition) is 9. The number of imide groups is 1. The Morgan fingerprint density at radius 3 is 2.02 bits per heavy atom. The number of halogens is 1. The summed E-state index contributed by atoms with van der Waals surface area (Å²) in [5.41, 5.74) is -1.58. The summed E-state index contributed by atoms with van der Waals surface area (Å²) < 4.78 is 5.65. The predicted octanol–water partition coefficient (Wildman–Crippen LogP) is 5.49. The van der Waals surface area contributed by atoms with Crippen LogP contribution in [0.1, 0.15) is 41.4 Å². The summed E-state index contributed by atoms with van der Waals surface area (Å²) in [7, 11) is 0. The first-order chi connectivity index (χ1) is 20.6. The standard InChI is InChI=1S/C29H17ClN4O9/c30-23-6-2-1-4-21(23)27(36)31(32-28(37)22-5-3-7-24(34(41)42)26(22)29(32)38)16-25(35)17-8-12-19(13-9-17)43-20-14-10-18(11-15-20)33(39)40/h1-15H,16H2. The monoisotopic (exact) mass is 600 g/mol. The lowest BCUT2D eigenvalue weighted by Crippen LogP contribution is -2.51. The summed E-state index contributed by atoms with van der Waals surface area (Å²) in [6.45, 7) is -0.800. The Morgan fingerprint density at radius 1 is 0.791 bits per heavy atom. The van der Waals surface area contributed by atoms with Gasteiger partial charge in [0.15, 0.2) is 5.78 Å². The number of amides is 3. The number of ketones is 1. The second-order valence-electron chi connectivity index (χ2n) is 9.02. The summed E-state index contributed by atoms with van der Waals surface area (Å²) in [4.78, 5) is 74.8. The second-order valence-corrected chi connectivity index (χ2v) is 9.43. The average molecular weight is 601 g/mol. The highest BCUT2D eigenvalue weighted by Gasteiger charge is 2.46. The molecule has 0 aliphatic carbocycles. The number of rotatable bonds is 9. The Balaban J connectivity index is 1.44. The number of nitro groups is 2. The van der Waals surface area contributed by atoms with E-state index >= 15 is 0 Å². The van der Waals surface area contributed by atoms with E-state index in [-0.39, 0.29) is 27.4 Å². The highest BCUT2D eigenvalue weighted by atomic mass is 35.5. The van der Waals surface area contributed by atoms with Gasteiger partial charge in [-0.15, -0.1) is 0 Å². The maximum Gasteiger partial charge on any atom is 0.287 e. The number of hydrazine groups is 1. The normalized spacial score (nSPS) is 12.1. The molecule has 0 bridgehead atoms. The SMILES string of the molecule is O=C(CN(C(=O)c1ccccc1Cl)N1C(=O)c2cccc([N+](=O)[O-])c2C1=O)c1ccc(Oc2ccc([N+](=O)[O-])cc2)cc1. The molecule has 1 aliphatic rings. The molecule has 0 saturated heterocycles. The molecule has 0 spiro atoms. The molecular formula is C29H17ClN4O9. The first-order valence-corrected chi connectivity index (χ1v) is 12.7. The fraction of sp³-hybridized carbons (Fsp3) is 0.0345. The smallest absolute Gasteiger partial charge is 0.287 e. The van der Waals surface area contributed by atoms with Crippen LogP contribution in [0.3, 0.4) is 0 Å². The van der Waals surface area contributed by atoms with E-state index < -0.39 is 51.1 Å². The van der Waals surface area contributed by atoms with E-state index in [1.165, 1.54) is 78.9 Å². The molecule has 0 fully saturated rings. The number of Topliss-reactive ketones (excluding diaryl/α,β-unsaturated/α-hetero) is 1. The number of non-ortho nitro benzene ring substituents is 1. The van der Waals surface area contributed by atoms with Gasteiger partial charge in [0.25, 0.3) is 29.1 Å². The van der Waals surface area contributed by atoms with E-state index in [1.54, 1.807) is 6.07 Å². The molecule has 3 amide bonds. The van der Waals surface area contributed by atoms with Crippen molar-refractivity contribution >= 4 is 46.5 Å². The van der Waals surface area contributed by atoms with Gasteiger partial charge in [0.1, 0.15) is 23.6 Å². The third-order valence-electron chi connectivity index (χ3n) is 6.40. The largest absolute Gasteiger partial charge is 0.457 e. The minimum absolute atomic E-state index is 0.0136. The molecule has 43 heavy (non-hydrogen) atoms. The van der Waals surface area contributed by atoms with Crippen LogP contribution in [0.4, 0.5) is 11.4 Å². The average Bonchev–Trinajstić information content (AvgIpc) is 3.25. The third-order valence-corrected chi connectivity index (χ3v) is 6.73. The quantitative estimate of drug-likeness (QED) is 0.104. The Morgan fingerprint density at radius 2 is 1.42 bits per heavy atom. The minimum Gasteiger partial charge on any atom is -0.457 e. The molecule has 14 heteroatoms. The van der Waals surface area contributed by atoms with Gasteiger partial charge in [-0.25, -0.2) is 5.01 Å². The molecule has 13 nitrogen and oxygen atoms in total. The fourth-order valence-electron chi connectivity index (χ4n) is 4.34. The highest BCUT2D eigenvalue weighted by Crippen LogP contribution is 2.33. The highest BCUT2D eigenvalue weighted by molar-refractivity contribution is 6.34. The summed E-state index contributed by atoms with van der Waals surface area (Å²) in [5, 5.41) is 23.4. The van der Waals surface area contributed by atoms with Gasteiger partial charge in [-0.1, -0.05) is 29.8 Å². The van der Waals surface area contributed by atoms with Crippen LogP contribution < -0.4 is 4.74 Å². The van der Waals surface area contributed by atoms with Gasteiger partial charge in [-0.05, 0) is 54.6 Å². The maximum absolute atomic E-state index is 13.7. The molecule has 4 aromatic carbocycles. The van der Waals surface area contributed by atoms with Gasteiger partial charge in [0.05, 0.1) is 26.0 Å². The fourth-order valence-corrected chi connectivity index (χ4v) is 4.56. The molecule has 5 rings (SSSR count). The van der Waals surface area contributed by atoms with E-state index in [1.807, 2.05) is 0 Å². The van der Waals surface area contributed by atoms with Crippen LogP contribution in [0.5, 0.6) is 11.5 Å². The number of hydrogen-bond donors (Lipinski definition) is 0. The molecule has 1 aliphatic heterocycles. The van der Waals surface area contributed by atoms with Crippen molar-refractivity contribution in [1.29, 1.82) is 0 Å². The number of carbonyl (C=O) groups excluding carboxylic acids is 4. The first kappa shape index (κ1) is 28.6. The Bertz CT molecular complexity index is 1820. The van der Waals surface area contributed by atoms with Gasteiger partial charge in [-0.2, -0.15) is 5.01 Å². The minimum atomic E-state index is -1.15. The van der Waals surface area contributed by atoms with Crippen molar-refractivity contribution in [3.8, 4) is 11.5 Å². The maximum atomic E-state index is 13.7. The van der Waals surface area contributed by atoms with E-state index in [0.29, 0.717) is 21.5 Å². The molecule has 0 N–H and O–H groups in total. The number of carbonyl (C=O) groups is 4. The Labute approximate surface area is 246 Å². The predicted molar refractivity (Wildman–Crippen MR) is 150 cm³/mol. The summed E-state index contributed by atoms with van der Waals surface area (Å²) in [6.07, 6.45) is 0. The summed E-state index contributed by atoms with van der Waals surface area (Å²) in [5.74, 6) is -3.22.